The van der Waals surface area contributed by atoms with Gasteiger partial charge in [0.2, 0.25) is 0 Å². The number of aliphatic hydroxyl groups excluding tert-OH is 2. The van der Waals surface area contributed by atoms with Crippen molar-refractivity contribution in [2.75, 3.05) is 18.3 Å². The summed E-state index contributed by atoms with van der Waals surface area (Å²) in [6.07, 6.45) is -2.13. The minimum Gasteiger partial charge on any atom is -0.389 e. The fraction of sp³-hybridized carbons (Fsp3) is 0.455. The van der Waals surface area contributed by atoms with Gasteiger partial charge in [-0.25, -0.2) is 4.79 Å². The number of halogens is 1. The Morgan fingerprint density at radius 1 is 1.17 bits per heavy atom. The fourth-order valence-corrected chi connectivity index (χ4v) is 5.66. The Hall–Kier alpha value is -2.30. The molecule has 15 nitrogen and oxygen atoms in total. The van der Waals surface area contributed by atoms with Crippen molar-refractivity contribution in [3.8, 4) is 11.3 Å². The van der Waals surface area contributed by atoms with Crippen LogP contribution in [-0.4, -0.2) is 85.6 Å². The second-order valence-corrected chi connectivity index (χ2v) is 12.3. The summed E-state index contributed by atoms with van der Waals surface area (Å²) in [5, 5.41) is 32.9. The van der Waals surface area contributed by atoms with Crippen molar-refractivity contribution < 1.29 is 42.9 Å². The first kappa shape index (κ1) is 31.6. The summed E-state index contributed by atoms with van der Waals surface area (Å²) in [5.74, 6) is -0.0581. The first-order chi connectivity index (χ1) is 19.7. The molecule has 1 fully saturated rings. The quantitative estimate of drug-likeness (QED) is 0.127. The van der Waals surface area contributed by atoms with Gasteiger partial charge in [0.15, 0.2) is 28.5 Å². The molecule has 1 aromatic carbocycles. The van der Waals surface area contributed by atoms with Gasteiger partial charge in [-0.05, 0) is 5.56 Å². The third kappa shape index (κ3) is 8.17. The molecule has 2 aromatic heterocycles. The molecule has 5 atom stereocenters. The summed E-state index contributed by atoms with van der Waals surface area (Å²) in [6, 6.07) is 8.82. The molecule has 1 aliphatic rings. The highest BCUT2D eigenvalue weighted by Crippen LogP contribution is 2.44. The van der Waals surface area contributed by atoms with Crippen molar-refractivity contribution in [2.45, 2.75) is 37.7 Å². The molecule has 0 aliphatic carbocycles. The Kier molecular flexibility index (Phi) is 11.4. The predicted octanol–water partition coefficient (Wildman–Crippen LogP) is 0.289. The molecule has 1 aliphatic heterocycles. The van der Waals surface area contributed by atoms with Crippen molar-refractivity contribution in [1.29, 1.82) is 0 Å². The molecule has 3 aromatic rings. The van der Waals surface area contributed by atoms with Crippen LogP contribution in [0.3, 0.4) is 0 Å². The van der Waals surface area contributed by atoms with E-state index in [1.54, 1.807) is 10.9 Å². The van der Waals surface area contributed by atoms with Gasteiger partial charge in [0, 0.05) is 42.8 Å². The van der Waals surface area contributed by atoms with Crippen molar-refractivity contribution in [2.24, 2.45) is 12.2 Å². The molecule has 5 unspecified atom stereocenters. The lowest BCUT2D eigenvalue weighted by Crippen LogP contribution is -2.42. The second kappa shape index (κ2) is 14.7. The molecular formula is C22H29FN6O9P2S. The molecular weight excluding hydrogens is 605 g/mol. The summed E-state index contributed by atoms with van der Waals surface area (Å²) >= 11 is 0.243. The maximum atomic E-state index is 13.0. The Bertz CT molecular complexity index is 1410. The lowest BCUT2D eigenvalue weighted by molar-refractivity contribution is -0.0519. The maximum Gasteiger partial charge on any atom is 0.331 e. The van der Waals surface area contributed by atoms with Crippen LogP contribution in [0.1, 0.15) is 11.8 Å². The van der Waals surface area contributed by atoms with Gasteiger partial charge in [-0.3, -0.25) is 13.8 Å². The zero-order valence-corrected chi connectivity index (χ0v) is 24.2. The van der Waals surface area contributed by atoms with E-state index < -0.39 is 47.0 Å². The van der Waals surface area contributed by atoms with E-state index in [9.17, 15) is 23.8 Å². The molecule has 1 saturated heterocycles. The summed E-state index contributed by atoms with van der Waals surface area (Å²) in [5.41, 5.74) is 1.87. The van der Waals surface area contributed by atoms with Gasteiger partial charge in [0.1, 0.15) is 30.6 Å². The normalized spacial score (nSPS) is 22.0. The average molecular weight is 635 g/mol. The molecule has 4 rings (SSSR count). The van der Waals surface area contributed by atoms with E-state index in [2.05, 4.69) is 15.5 Å². The fourth-order valence-electron chi connectivity index (χ4n) is 3.90. The maximum absolute atomic E-state index is 13.0. The van der Waals surface area contributed by atoms with Crippen molar-refractivity contribution >= 4 is 28.9 Å². The largest absolute Gasteiger partial charge is 0.389 e. The molecule has 3 heterocycles. The van der Waals surface area contributed by atoms with E-state index in [4.69, 9.17) is 23.9 Å². The van der Waals surface area contributed by atoms with Gasteiger partial charge in [-0.15, -0.1) is 5.10 Å². The molecule has 224 valence electrons. The van der Waals surface area contributed by atoms with Gasteiger partial charge < -0.3 is 39.0 Å². The van der Waals surface area contributed by atoms with Gasteiger partial charge in [0.25, 0.3) is 0 Å². The molecule has 0 amide bonds. The van der Waals surface area contributed by atoms with E-state index in [0.29, 0.717) is 12.2 Å². The third-order valence-electron chi connectivity index (χ3n) is 6.06. The Morgan fingerprint density at radius 3 is 2.63 bits per heavy atom. The number of benzene rings is 1. The Labute approximate surface area is 239 Å². The van der Waals surface area contributed by atoms with Gasteiger partial charge >= 0.3 is 5.69 Å². The SMILES string of the molecule is Cn1c(=O)n(C2OC(COP(O)CP(O)O)C(O)C2O)cc/c1=N/OCc1ccc(-c2cn(CCSF)nn2)cc1. The highest BCUT2D eigenvalue weighted by atomic mass is 32.2. The Morgan fingerprint density at radius 2 is 1.93 bits per heavy atom. The second-order valence-electron chi connectivity index (χ2n) is 8.87. The van der Waals surface area contributed by atoms with Crippen LogP contribution in [0.25, 0.3) is 11.3 Å². The van der Waals surface area contributed by atoms with Gasteiger partial charge in [0.05, 0.1) is 25.3 Å². The number of aliphatic hydroxyl groups is 2. The van der Waals surface area contributed by atoms with Crippen molar-refractivity contribution in [1.82, 2.24) is 24.1 Å². The standard InChI is InChI=1S/C22H29FN6O9P2S/c1-27-18(25-36-11-14-2-4-15(5-3-14)16-10-28(26-24-16)8-9-41-23)6-7-29(22(27)32)21-20(31)19(30)17(38-21)12-37-40(35)13-39(33)34/h2-7,10,17,19-21,30-31,33-35H,8-9,11-13H2,1H3/b25-18-. The molecule has 5 N–H and O–H groups in total. The summed E-state index contributed by atoms with van der Waals surface area (Å²) in [6.45, 7) is 0.201. The van der Waals surface area contributed by atoms with Gasteiger partial charge in [-0.1, -0.05) is 34.6 Å². The zero-order valence-electron chi connectivity index (χ0n) is 21.6. The van der Waals surface area contributed by atoms with Crippen LogP contribution in [0.4, 0.5) is 3.89 Å². The zero-order chi connectivity index (χ0) is 29.5. The summed E-state index contributed by atoms with van der Waals surface area (Å²) < 4.78 is 26.8. The van der Waals surface area contributed by atoms with E-state index in [1.165, 1.54) is 23.9 Å². The molecule has 41 heavy (non-hydrogen) atoms. The first-order valence-corrected chi connectivity index (χ1v) is 15.8. The average Bonchev–Trinajstić information content (AvgIpc) is 3.53. The third-order valence-corrected chi connectivity index (χ3v) is 8.82. The number of ether oxygens (including phenoxy) is 1. The lowest BCUT2D eigenvalue weighted by Gasteiger charge is -2.18. The predicted molar refractivity (Wildman–Crippen MR) is 146 cm³/mol. The molecule has 19 heteroatoms. The van der Waals surface area contributed by atoms with Crippen LogP contribution in [-0.2, 0) is 34.3 Å². The molecule has 0 spiro atoms. The highest BCUT2D eigenvalue weighted by molar-refractivity contribution is 7.94. The first-order valence-electron chi connectivity index (χ1n) is 12.1. The van der Waals surface area contributed by atoms with Crippen molar-refractivity contribution in [3.05, 3.63) is 64.3 Å². The monoisotopic (exact) mass is 634 g/mol. The van der Waals surface area contributed by atoms with E-state index in [0.717, 1.165) is 15.7 Å². The summed E-state index contributed by atoms with van der Waals surface area (Å²) in [7, 11) is -3.05. The van der Waals surface area contributed by atoms with Crippen LogP contribution < -0.4 is 11.2 Å². The number of hydrogen-bond acceptors (Lipinski definition) is 13. The summed E-state index contributed by atoms with van der Waals surface area (Å²) in [4.78, 5) is 46.0. The van der Waals surface area contributed by atoms with E-state index in [-0.39, 0.29) is 42.5 Å². The number of aromatic nitrogens is 5. The molecule has 0 saturated carbocycles. The molecule has 0 radical (unpaired) electrons. The minimum absolute atomic E-state index is 0.115. The smallest absolute Gasteiger partial charge is 0.331 e. The number of hydrogen-bond donors (Lipinski definition) is 5. The number of rotatable bonds is 13. The highest BCUT2D eigenvalue weighted by Gasteiger charge is 2.44. The lowest BCUT2D eigenvalue weighted by atomic mass is 10.1. The number of aryl methyl sites for hydroxylation is 1. The van der Waals surface area contributed by atoms with E-state index >= 15 is 0 Å². The molecule has 0 bridgehead atoms. The van der Waals surface area contributed by atoms with Crippen LogP contribution in [0.2, 0.25) is 0 Å². The van der Waals surface area contributed by atoms with Gasteiger partial charge in [-0.2, -0.15) is 3.89 Å². The van der Waals surface area contributed by atoms with E-state index in [1.807, 2.05) is 24.3 Å². The van der Waals surface area contributed by atoms with Crippen LogP contribution in [0.15, 0.2) is 52.7 Å². The van der Waals surface area contributed by atoms with Crippen LogP contribution >= 0.6 is 28.9 Å². The topological polar surface area (TPSA) is 199 Å². The van der Waals surface area contributed by atoms with Crippen LogP contribution in [0, 0.1) is 0 Å². The number of nitrogens with zero attached hydrogens (tertiary/aromatic N) is 6. The Balaban J connectivity index is 1.36. The van der Waals surface area contributed by atoms with Crippen molar-refractivity contribution in [3.63, 3.8) is 0 Å². The van der Waals surface area contributed by atoms with Crippen LogP contribution in [0.5, 0.6) is 0 Å². The minimum atomic E-state index is -2.35.